The van der Waals surface area contributed by atoms with Gasteiger partial charge in [0.1, 0.15) is 16.2 Å². The number of thioether (sulfide) groups is 1. The number of carboxylic acid groups (broad SMARTS) is 1. The zero-order valence-electron chi connectivity index (χ0n) is 22.3. The average molecular weight is 568 g/mol. The number of carbonyl (C=O) groups is 2. The lowest BCUT2D eigenvalue weighted by Crippen LogP contribution is -2.33. The Hall–Kier alpha value is -3.54. The van der Waals surface area contributed by atoms with Crippen LogP contribution in [-0.4, -0.2) is 47.1 Å². The van der Waals surface area contributed by atoms with Crippen molar-refractivity contribution in [1.29, 1.82) is 5.41 Å². The summed E-state index contributed by atoms with van der Waals surface area (Å²) in [6, 6.07) is 9.54. The number of amides is 1. The fourth-order valence-electron chi connectivity index (χ4n) is 3.10. The minimum Gasteiger partial charge on any atom is -0.497 e. The van der Waals surface area contributed by atoms with Gasteiger partial charge in [-0.1, -0.05) is 13.3 Å². The number of ether oxygens (including phenoxy) is 2. The van der Waals surface area contributed by atoms with Crippen LogP contribution in [0.5, 0.6) is 5.75 Å². The molecule has 0 radical (unpaired) electrons. The lowest BCUT2D eigenvalue weighted by molar-refractivity contribution is -0.139. The van der Waals surface area contributed by atoms with Crippen molar-refractivity contribution in [2.24, 2.45) is 10.9 Å². The maximum Gasteiger partial charge on any atom is 0.416 e. The minimum atomic E-state index is -4.65. The molecule has 1 atom stereocenters. The maximum absolute atomic E-state index is 13.2. The second-order valence-corrected chi connectivity index (χ2v) is 10.8. The highest BCUT2D eigenvalue weighted by atomic mass is 32.2. The Morgan fingerprint density at radius 2 is 1.79 bits per heavy atom. The standard InChI is InChI=1S/C27H32F3N3O5S/c1-6-7-12-38-24(33-18-8-10-21(11-9-18)39-26(3,4)25(35)36)16(2)22(31)23(34)32-19-13-17(27(28,29)30)14-20(15-19)37-5/h8-11,13-16,31H,6-7,12H2,1-5H3,(H,32,34)(H,35,36). The summed E-state index contributed by atoms with van der Waals surface area (Å²) in [5.41, 5.74) is -1.18. The van der Waals surface area contributed by atoms with Crippen LogP contribution in [0.15, 0.2) is 52.4 Å². The first-order valence-electron chi connectivity index (χ1n) is 12.1. The van der Waals surface area contributed by atoms with E-state index in [1.54, 1.807) is 45.0 Å². The highest BCUT2D eigenvalue weighted by Crippen LogP contribution is 2.35. The molecule has 0 aliphatic rings. The van der Waals surface area contributed by atoms with Gasteiger partial charge < -0.3 is 19.9 Å². The first-order chi connectivity index (χ1) is 18.2. The molecule has 8 nitrogen and oxygen atoms in total. The Labute approximate surface area is 229 Å². The van der Waals surface area contributed by atoms with Gasteiger partial charge in [-0.15, -0.1) is 11.8 Å². The van der Waals surface area contributed by atoms with Crippen LogP contribution < -0.4 is 10.1 Å². The number of carboxylic acids is 1. The Bertz CT molecular complexity index is 1210. The molecule has 0 aromatic heterocycles. The van der Waals surface area contributed by atoms with E-state index < -0.39 is 40.0 Å². The number of aliphatic carboxylic acids is 1. The number of methoxy groups -OCH3 is 1. The number of hydrogen-bond donors (Lipinski definition) is 3. The SMILES string of the molecule is CCCCOC(=Nc1ccc(SC(C)(C)C(=O)O)cc1)C(C)C(=N)C(=O)Nc1cc(OC)cc(C(F)(F)F)c1. The number of halogens is 3. The summed E-state index contributed by atoms with van der Waals surface area (Å²) in [6.07, 6.45) is -3.11. The molecule has 0 aliphatic carbocycles. The molecule has 1 amide bonds. The van der Waals surface area contributed by atoms with Crippen molar-refractivity contribution in [3.8, 4) is 5.75 Å². The van der Waals surface area contributed by atoms with Crippen molar-refractivity contribution in [2.45, 2.75) is 56.4 Å². The molecule has 2 aromatic carbocycles. The summed E-state index contributed by atoms with van der Waals surface area (Å²) in [4.78, 5) is 29.4. The van der Waals surface area contributed by atoms with Gasteiger partial charge in [0.25, 0.3) is 5.91 Å². The monoisotopic (exact) mass is 567 g/mol. The Morgan fingerprint density at radius 1 is 1.15 bits per heavy atom. The highest BCUT2D eigenvalue weighted by molar-refractivity contribution is 8.01. The first kappa shape index (κ1) is 31.7. The molecule has 0 aliphatic heterocycles. The lowest BCUT2D eigenvalue weighted by atomic mass is 10.0. The average Bonchev–Trinajstić information content (AvgIpc) is 2.87. The summed E-state index contributed by atoms with van der Waals surface area (Å²) in [6.45, 7) is 7.00. The molecule has 0 spiro atoms. The van der Waals surface area contributed by atoms with Crippen LogP contribution >= 0.6 is 11.8 Å². The van der Waals surface area contributed by atoms with Crippen LogP contribution in [0.4, 0.5) is 24.5 Å². The van der Waals surface area contributed by atoms with Crippen LogP contribution in [0.1, 0.15) is 46.1 Å². The molecule has 0 heterocycles. The zero-order chi connectivity index (χ0) is 29.4. The number of rotatable bonds is 12. The Kier molecular flexibility index (Phi) is 11.0. The Balaban J connectivity index is 2.27. The second-order valence-electron chi connectivity index (χ2n) is 9.10. The fourth-order valence-corrected chi connectivity index (χ4v) is 4.05. The molecule has 2 aromatic rings. The molecule has 0 bridgehead atoms. The number of anilines is 1. The highest BCUT2D eigenvalue weighted by Gasteiger charge is 2.32. The van der Waals surface area contributed by atoms with Crippen LogP contribution in [-0.2, 0) is 20.5 Å². The van der Waals surface area contributed by atoms with Crippen LogP contribution in [0.25, 0.3) is 0 Å². The molecular weight excluding hydrogens is 535 g/mol. The van der Waals surface area contributed by atoms with Crippen molar-refractivity contribution in [3.63, 3.8) is 0 Å². The van der Waals surface area contributed by atoms with E-state index in [0.29, 0.717) is 23.6 Å². The second kappa shape index (κ2) is 13.5. The van der Waals surface area contributed by atoms with Crippen LogP contribution in [0.2, 0.25) is 0 Å². The van der Waals surface area contributed by atoms with Crippen LogP contribution in [0, 0.1) is 11.3 Å². The summed E-state index contributed by atoms with van der Waals surface area (Å²) in [5.74, 6) is -2.79. The number of nitrogens with one attached hydrogen (secondary N) is 2. The van der Waals surface area contributed by atoms with Gasteiger partial charge in [-0.25, -0.2) is 4.99 Å². The third-order valence-corrected chi connectivity index (χ3v) is 6.68. The molecule has 0 fully saturated rings. The predicted molar refractivity (Wildman–Crippen MR) is 145 cm³/mol. The molecule has 212 valence electrons. The smallest absolute Gasteiger partial charge is 0.416 e. The van der Waals surface area contributed by atoms with Crippen molar-refractivity contribution in [3.05, 3.63) is 48.0 Å². The zero-order valence-corrected chi connectivity index (χ0v) is 23.1. The summed E-state index contributed by atoms with van der Waals surface area (Å²) < 4.78 is 49.4. The molecule has 2 rings (SSSR count). The van der Waals surface area contributed by atoms with E-state index in [-0.39, 0.29) is 17.3 Å². The molecule has 12 heteroatoms. The van der Waals surface area contributed by atoms with Gasteiger partial charge in [0, 0.05) is 16.6 Å². The lowest BCUT2D eigenvalue weighted by Gasteiger charge is -2.19. The largest absolute Gasteiger partial charge is 0.497 e. The van der Waals surface area contributed by atoms with E-state index in [1.807, 2.05) is 6.92 Å². The fraction of sp³-hybridized carbons (Fsp3) is 0.407. The van der Waals surface area contributed by atoms with Crippen LogP contribution in [0.3, 0.4) is 0 Å². The van der Waals surface area contributed by atoms with Crippen molar-refractivity contribution >= 4 is 46.6 Å². The third-order valence-electron chi connectivity index (χ3n) is 5.49. The number of nitrogens with zero attached hydrogens (tertiary/aromatic N) is 1. The molecule has 39 heavy (non-hydrogen) atoms. The van der Waals surface area contributed by atoms with E-state index in [9.17, 15) is 27.9 Å². The summed E-state index contributed by atoms with van der Waals surface area (Å²) in [5, 5.41) is 20.1. The van der Waals surface area contributed by atoms with Gasteiger partial charge in [0.05, 0.1) is 30.9 Å². The predicted octanol–water partition coefficient (Wildman–Crippen LogP) is 6.81. The van der Waals surface area contributed by atoms with E-state index in [4.69, 9.17) is 14.9 Å². The minimum absolute atomic E-state index is 0.0940. The topological polar surface area (TPSA) is 121 Å². The van der Waals surface area contributed by atoms with E-state index in [2.05, 4.69) is 10.3 Å². The number of alkyl halides is 3. The van der Waals surface area contributed by atoms with Gasteiger partial charge in [-0.3, -0.25) is 15.0 Å². The Morgan fingerprint density at radius 3 is 2.33 bits per heavy atom. The van der Waals surface area contributed by atoms with Gasteiger partial charge in [0.2, 0.25) is 0 Å². The number of benzene rings is 2. The molecule has 0 saturated carbocycles. The van der Waals surface area contributed by atoms with Crippen molar-refractivity contribution in [1.82, 2.24) is 0 Å². The third kappa shape index (κ3) is 9.31. The number of aliphatic imine (C=N–C) groups is 1. The molecule has 3 N–H and O–H groups in total. The summed E-state index contributed by atoms with van der Waals surface area (Å²) >= 11 is 1.17. The maximum atomic E-state index is 13.2. The van der Waals surface area contributed by atoms with E-state index in [1.165, 1.54) is 24.9 Å². The molecule has 0 saturated heterocycles. The van der Waals surface area contributed by atoms with Crippen molar-refractivity contribution < 1.29 is 37.3 Å². The normalized spacial score (nSPS) is 13.0. The molecular formula is C27H32F3N3O5S. The van der Waals surface area contributed by atoms with Gasteiger partial charge in [-0.05, 0) is 63.6 Å². The first-order valence-corrected chi connectivity index (χ1v) is 12.9. The molecule has 1 unspecified atom stereocenters. The number of unbranched alkanes of at least 4 members (excludes halogenated alkanes) is 1. The van der Waals surface area contributed by atoms with Gasteiger partial charge in [-0.2, -0.15) is 13.2 Å². The number of carbonyl (C=O) groups excluding carboxylic acids is 1. The number of hydrogen-bond acceptors (Lipinski definition) is 7. The van der Waals surface area contributed by atoms with Crippen molar-refractivity contribution in [2.75, 3.05) is 19.0 Å². The van der Waals surface area contributed by atoms with Gasteiger partial charge in [0.15, 0.2) is 5.90 Å². The quantitative estimate of drug-likeness (QED) is 0.112. The van der Waals surface area contributed by atoms with Gasteiger partial charge >= 0.3 is 12.1 Å². The van der Waals surface area contributed by atoms with E-state index >= 15 is 0 Å². The summed E-state index contributed by atoms with van der Waals surface area (Å²) in [7, 11) is 1.21. The van der Waals surface area contributed by atoms with E-state index in [0.717, 1.165) is 18.6 Å².